The monoisotopic (exact) mass is 996 g/mol. The highest BCUT2D eigenvalue weighted by Crippen LogP contribution is 2.57. The third-order valence-corrected chi connectivity index (χ3v) is 15.9. The number of aromatic nitrogens is 1. The molecule has 0 amide bonds. The number of hydrogen-bond donors (Lipinski definition) is 0. The summed E-state index contributed by atoms with van der Waals surface area (Å²) in [6.45, 7) is 32.5. The van der Waals surface area contributed by atoms with Crippen LogP contribution in [-0.2, 0) is 27.1 Å². The Morgan fingerprint density at radius 3 is 1.41 bits per heavy atom. The predicted octanol–water partition coefficient (Wildman–Crippen LogP) is 20.8. The first-order valence-electron chi connectivity index (χ1n) is 27.2. The summed E-state index contributed by atoms with van der Waals surface area (Å²) in [5, 5.41) is 2.05. The van der Waals surface area contributed by atoms with Gasteiger partial charge in [-0.15, -0.1) is 0 Å². The molecule has 2 heterocycles. The number of benzene rings is 8. The van der Waals surface area contributed by atoms with Crippen molar-refractivity contribution < 1.29 is 4.42 Å². The summed E-state index contributed by atoms with van der Waals surface area (Å²) in [4.78, 5) is 10.4. The van der Waals surface area contributed by atoms with Gasteiger partial charge in [-0.1, -0.05) is 200 Å². The van der Waals surface area contributed by atoms with Crippen molar-refractivity contribution in [3.05, 3.63) is 222 Å². The first-order chi connectivity index (χ1) is 36.0. The van der Waals surface area contributed by atoms with Crippen LogP contribution in [0.2, 0.25) is 0 Å². The highest BCUT2D eigenvalue weighted by Gasteiger charge is 2.37. The van der Waals surface area contributed by atoms with Gasteiger partial charge in [0, 0.05) is 61.9 Å². The van der Waals surface area contributed by atoms with Crippen molar-refractivity contribution in [2.24, 2.45) is 0 Å². The highest BCUT2D eigenvalue weighted by atomic mass is 16.3. The summed E-state index contributed by atoms with van der Waals surface area (Å²) in [5.41, 5.74) is 21.2. The fourth-order valence-electron chi connectivity index (χ4n) is 11.4. The van der Waals surface area contributed by atoms with Crippen LogP contribution in [0.25, 0.3) is 55.4 Å². The third-order valence-electron chi connectivity index (χ3n) is 15.9. The molecule has 4 heteroatoms. The lowest BCUT2D eigenvalue weighted by atomic mass is 9.74. The molecular weight excluding hydrogens is 923 g/mol. The number of nitrogens with zero attached hydrogens (tertiary/aromatic N) is 3. The Balaban J connectivity index is 1.33. The van der Waals surface area contributed by atoms with E-state index in [1.54, 1.807) is 0 Å². The molecule has 0 saturated heterocycles. The number of fused-ring (bicyclic) bond motifs is 10. The van der Waals surface area contributed by atoms with Crippen LogP contribution in [0, 0.1) is 0 Å². The van der Waals surface area contributed by atoms with Crippen LogP contribution in [0.3, 0.4) is 0 Å². The minimum Gasteiger partial charge on any atom is -0.454 e. The van der Waals surface area contributed by atoms with Crippen LogP contribution < -0.4 is 9.80 Å². The van der Waals surface area contributed by atoms with E-state index in [0.29, 0.717) is 0 Å². The Bertz CT molecular complexity index is 3770. The molecule has 1 aliphatic rings. The maximum atomic E-state index is 7.58. The van der Waals surface area contributed by atoms with Gasteiger partial charge in [0.05, 0.1) is 11.4 Å². The van der Waals surface area contributed by atoms with Crippen molar-refractivity contribution in [2.75, 3.05) is 9.80 Å². The van der Waals surface area contributed by atoms with Crippen molar-refractivity contribution in [2.45, 2.75) is 124 Å². The maximum Gasteiger partial charge on any atom is 0.160 e. The van der Waals surface area contributed by atoms with Gasteiger partial charge in [-0.25, -0.2) is 0 Å². The van der Waals surface area contributed by atoms with Crippen LogP contribution in [0.5, 0.6) is 0 Å². The number of pyridine rings is 1. The molecule has 0 spiro atoms. The van der Waals surface area contributed by atoms with Crippen molar-refractivity contribution in [3.63, 3.8) is 0 Å². The molecule has 2 aromatic heterocycles. The maximum absolute atomic E-state index is 7.58. The van der Waals surface area contributed by atoms with E-state index in [9.17, 15) is 0 Å². The largest absolute Gasteiger partial charge is 0.454 e. The molecule has 0 saturated carbocycles. The molecule has 11 rings (SSSR count). The molecule has 0 fully saturated rings. The third kappa shape index (κ3) is 8.90. The number of para-hydroxylation sites is 2. The van der Waals surface area contributed by atoms with E-state index < -0.39 is 5.41 Å². The summed E-state index contributed by atoms with van der Waals surface area (Å²) in [6.07, 6.45) is 1.97. The second-order valence-electron chi connectivity index (χ2n) is 25.8. The van der Waals surface area contributed by atoms with Crippen molar-refractivity contribution in [1.82, 2.24) is 4.98 Å². The van der Waals surface area contributed by atoms with E-state index in [-0.39, 0.29) is 21.7 Å². The van der Waals surface area contributed by atoms with Gasteiger partial charge in [-0.2, -0.15) is 0 Å². The quantitative estimate of drug-likeness (QED) is 0.166. The van der Waals surface area contributed by atoms with E-state index in [1.807, 2.05) is 6.20 Å². The average Bonchev–Trinajstić information content (AvgIpc) is 3.79. The minimum atomic E-state index is -0.429. The molecule has 8 aromatic carbocycles. The van der Waals surface area contributed by atoms with Crippen LogP contribution in [-0.4, -0.2) is 4.98 Å². The lowest BCUT2D eigenvalue weighted by Crippen LogP contribution is -2.21. The summed E-state index contributed by atoms with van der Waals surface area (Å²) >= 11 is 0. The van der Waals surface area contributed by atoms with E-state index in [1.165, 1.54) is 33.4 Å². The zero-order valence-electron chi connectivity index (χ0n) is 47.1. The Labute approximate surface area is 452 Å². The van der Waals surface area contributed by atoms with Gasteiger partial charge in [0.25, 0.3) is 0 Å². The molecule has 0 bridgehead atoms. The van der Waals surface area contributed by atoms with Crippen molar-refractivity contribution in [3.8, 4) is 33.5 Å². The Kier molecular flexibility index (Phi) is 12.1. The molecule has 0 radical (unpaired) electrons. The first-order valence-corrected chi connectivity index (χ1v) is 27.2. The number of anilines is 6. The zero-order valence-corrected chi connectivity index (χ0v) is 47.1. The molecule has 0 unspecified atom stereocenters. The van der Waals surface area contributed by atoms with Gasteiger partial charge < -0.3 is 14.2 Å². The van der Waals surface area contributed by atoms with Gasteiger partial charge >= 0.3 is 0 Å². The molecule has 0 atom stereocenters. The molecule has 4 nitrogen and oxygen atoms in total. The Morgan fingerprint density at radius 1 is 0.382 bits per heavy atom. The zero-order chi connectivity index (χ0) is 53.7. The molecule has 1 aliphatic carbocycles. The summed E-state index contributed by atoms with van der Waals surface area (Å²) in [6, 6.07) is 67.7. The second kappa shape index (κ2) is 18.3. The SMILES string of the molecule is CC(C)(C)c1cc(N(c2ccccc2)c2ccc3oc4c(N(c5ccccc5)c5cc(C(C)(C)C)cc(C(C)(C)C)c5)c5c(cc4c3c2)-c2ncccc2C(C)(C)c2ccccc2-c2ccccc2-5)cc(C(C)(C)C)c1. The smallest absolute Gasteiger partial charge is 0.160 e. The minimum absolute atomic E-state index is 0.0708. The fraction of sp³-hybridized carbons (Fsp3) is 0.264. The average molecular weight is 996 g/mol. The van der Waals surface area contributed by atoms with Crippen LogP contribution >= 0.6 is 0 Å². The summed E-state index contributed by atoms with van der Waals surface area (Å²) in [5.74, 6) is 0. The van der Waals surface area contributed by atoms with Gasteiger partial charge in [-0.05, 0) is 151 Å². The molecule has 76 heavy (non-hydrogen) atoms. The highest BCUT2D eigenvalue weighted by molar-refractivity contribution is 6.19. The number of rotatable bonds is 6. The fourth-order valence-corrected chi connectivity index (χ4v) is 11.4. The lowest BCUT2D eigenvalue weighted by molar-refractivity contribution is 0.568. The summed E-state index contributed by atoms with van der Waals surface area (Å²) in [7, 11) is 0. The number of hydrogen-bond acceptors (Lipinski definition) is 4. The van der Waals surface area contributed by atoms with Gasteiger partial charge in [0.1, 0.15) is 5.58 Å². The van der Waals surface area contributed by atoms with Gasteiger partial charge in [0.15, 0.2) is 5.58 Å². The lowest BCUT2D eigenvalue weighted by Gasteiger charge is -2.33. The van der Waals surface area contributed by atoms with Gasteiger partial charge in [0.2, 0.25) is 0 Å². The molecule has 10 aromatic rings. The Hall–Kier alpha value is -7.69. The van der Waals surface area contributed by atoms with Crippen molar-refractivity contribution >= 4 is 56.1 Å². The van der Waals surface area contributed by atoms with Gasteiger partial charge in [-0.3, -0.25) is 4.98 Å². The first kappa shape index (κ1) is 50.5. The number of furan rings is 1. The molecule has 0 aliphatic heterocycles. The molecular formula is C72H73N3O. The Morgan fingerprint density at radius 2 is 0.855 bits per heavy atom. The topological polar surface area (TPSA) is 32.5 Å². The van der Waals surface area contributed by atoms with E-state index in [0.717, 1.165) is 89.6 Å². The second-order valence-corrected chi connectivity index (χ2v) is 25.8. The summed E-state index contributed by atoms with van der Waals surface area (Å²) < 4.78 is 7.58. The van der Waals surface area contributed by atoms with Crippen LogP contribution in [0.4, 0.5) is 34.1 Å². The molecule has 0 N–H and O–H groups in total. The van der Waals surface area contributed by atoms with E-state index in [4.69, 9.17) is 9.40 Å². The molecule has 382 valence electrons. The normalized spacial score (nSPS) is 13.5. The van der Waals surface area contributed by atoms with Crippen LogP contribution in [0.15, 0.2) is 193 Å². The van der Waals surface area contributed by atoms with Crippen LogP contribution in [0.1, 0.15) is 130 Å². The van der Waals surface area contributed by atoms with E-state index in [2.05, 4.69) is 289 Å². The predicted molar refractivity (Wildman–Crippen MR) is 324 cm³/mol. The van der Waals surface area contributed by atoms with Crippen molar-refractivity contribution in [1.29, 1.82) is 0 Å². The van der Waals surface area contributed by atoms with E-state index >= 15 is 0 Å². The standard InChI is InChI=1S/C72H73N3O/c1-68(2,3)46-38-47(69(4,5)6)41-53(40-46)74(50-26-17-15-18-27-50)52-35-36-63-58(44-52)59-45-60-64(57-32-22-21-30-55(57)56-31-23-24-33-61(56)72(13,14)62-34-25-37-73-65(60)62)66(67(59)76-63)75(51-28-19-16-20-29-51)54-42-48(70(7,8)9)39-49(43-54)71(10,11)12/h15-45H,1-14H3.